The Labute approximate surface area is 186 Å². The molecule has 2 aromatic carbocycles. The van der Waals surface area contributed by atoms with Gasteiger partial charge in [0.1, 0.15) is 13.2 Å². The van der Waals surface area contributed by atoms with Gasteiger partial charge in [0.25, 0.3) is 0 Å². The summed E-state index contributed by atoms with van der Waals surface area (Å²) in [5.41, 5.74) is 0.840. The second-order valence-corrected chi connectivity index (χ2v) is 8.01. The molecule has 0 radical (unpaired) electrons. The van der Waals surface area contributed by atoms with Crippen LogP contribution in [0.4, 0.5) is 0 Å². The first kappa shape index (κ1) is 22.7. The quantitative estimate of drug-likeness (QED) is 0.364. The van der Waals surface area contributed by atoms with Gasteiger partial charge in [-0.3, -0.25) is 0 Å². The molecule has 2 aromatic rings. The van der Waals surface area contributed by atoms with Crippen LogP contribution in [0.25, 0.3) is 10.8 Å². The molecule has 2 saturated heterocycles. The Bertz CT molecular complexity index is 849. The van der Waals surface area contributed by atoms with E-state index in [9.17, 15) is 9.59 Å². The van der Waals surface area contributed by atoms with Gasteiger partial charge >= 0.3 is 11.9 Å². The van der Waals surface area contributed by atoms with Crippen molar-refractivity contribution in [2.24, 2.45) is 11.8 Å². The third kappa shape index (κ3) is 6.26. The summed E-state index contributed by atoms with van der Waals surface area (Å²) in [6.07, 6.45) is 0. The minimum absolute atomic E-state index is 0.187. The molecule has 0 amide bonds. The lowest BCUT2D eigenvalue weighted by Gasteiger charge is -2.25. The van der Waals surface area contributed by atoms with Gasteiger partial charge in [-0.25, -0.2) is 9.59 Å². The van der Waals surface area contributed by atoms with E-state index in [1.165, 1.54) is 0 Å². The van der Waals surface area contributed by atoms with Crippen LogP contribution in [0, 0.1) is 11.8 Å². The maximum absolute atomic E-state index is 12.3. The average Bonchev–Trinajstić information content (AvgIpc) is 2.74. The van der Waals surface area contributed by atoms with E-state index < -0.39 is 11.9 Å². The van der Waals surface area contributed by atoms with Crippen molar-refractivity contribution in [1.82, 2.24) is 0 Å². The summed E-state index contributed by atoms with van der Waals surface area (Å²) in [6.45, 7) is 5.25. The number of carbonyl (C=O) groups excluding carboxylic acids is 2. The number of benzene rings is 2. The van der Waals surface area contributed by atoms with Gasteiger partial charge in [0.15, 0.2) is 0 Å². The van der Waals surface area contributed by atoms with Crippen molar-refractivity contribution in [3.63, 3.8) is 0 Å². The third-order valence-electron chi connectivity index (χ3n) is 5.35. The van der Waals surface area contributed by atoms with E-state index >= 15 is 0 Å². The van der Waals surface area contributed by atoms with E-state index in [1.54, 1.807) is 24.3 Å². The van der Waals surface area contributed by atoms with E-state index in [-0.39, 0.29) is 13.2 Å². The molecule has 2 fully saturated rings. The molecule has 0 aromatic heterocycles. The van der Waals surface area contributed by atoms with Crippen LogP contribution in [0.15, 0.2) is 36.4 Å². The number of hydrogen-bond acceptors (Lipinski definition) is 8. The lowest BCUT2D eigenvalue weighted by Crippen LogP contribution is -2.32. The molecule has 4 rings (SSSR count). The van der Waals surface area contributed by atoms with Gasteiger partial charge in [-0.1, -0.05) is 12.1 Å². The van der Waals surface area contributed by atoms with Crippen LogP contribution in [-0.4, -0.2) is 78.0 Å². The highest BCUT2D eigenvalue weighted by atomic mass is 16.6. The van der Waals surface area contributed by atoms with E-state index in [2.05, 4.69) is 0 Å². The minimum atomic E-state index is -0.426. The Kier molecular flexibility index (Phi) is 8.06. The summed E-state index contributed by atoms with van der Waals surface area (Å²) in [6, 6.07) is 10.5. The average molecular weight is 444 g/mol. The molecule has 0 N–H and O–H groups in total. The maximum Gasteiger partial charge on any atom is 0.338 e. The van der Waals surface area contributed by atoms with Crippen LogP contribution in [0.5, 0.6) is 0 Å². The smallest absolute Gasteiger partial charge is 0.338 e. The van der Waals surface area contributed by atoms with Gasteiger partial charge in [-0.2, -0.15) is 0 Å². The Morgan fingerprint density at radius 2 is 1.16 bits per heavy atom. The van der Waals surface area contributed by atoms with Gasteiger partial charge in [0.05, 0.1) is 64.0 Å². The molecular formula is C24H28O8. The van der Waals surface area contributed by atoms with Crippen molar-refractivity contribution in [2.75, 3.05) is 66.1 Å². The summed E-state index contributed by atoms with van der Waals surface area (Å²) in [4.78, 5) is 24.7. The molecule has 2 heterocycles. The molecule has 2 aliphatic rings. The number of carbonyl (C=O) groups is 2. The molecule has 8 nitrogen and oxygen atoms in total. The van der Waals surface area contributed by atoms with Crippen LogP contribution in [-0.2, 0) is 28.4 Å². The number of fused-ring (bicyclic) bond motifs is 1. The number of rotatable bonds is 12. The molecule has 0 saturated carbocycles. The second kappa shape index (κ2) is 11.4. The fourth-order valence-corrected chi connectivity index (χ4v) is 3.32. The lowest BCUT2D eigenvalue weighted by atomic mass is 10.0. The Balaban J connectivity index is 1.23. The second-order valence-electron chi connectivity index (χ2n) is 8.01. The molecule has 0 atom stereocenters. The minimum Gasteiger partial charge on any atom is -0.460 e. The zero-order valence-electron chi connectivity index (χ0n) is 18.0. The molecule has 172 valence electrons. The predicted molar refractivity (Wildman–Crippen MR) is 115 cm³/mol. The maximum atomic E-state index is 12.3. The molecule has 0 unspecified atom stereocenters. The monoisotopic (exact) mass is 444 g/mol. The SMILES string of the molecule is O=C(OCCOCC1COC1)c1ccc2ccc(C(=O)OCCOCC3COC3)cc2c1. The molecule has 0 bridgehead atoms. The van der Waals surface area contributed by atoms with Crippen molar-refractivity contribution in [3.8, 4) is 0 Å². The topological polar surface area (TPSA) is 89.5 Å². The normalized spacial score (nSPS) is 16.4. The van der Waals surface area contributed by atoms with Crippen molar-refractivity contribution >= 4 is 22.7 Å². The highest BCUT2D eigenvalue weighted by Crippen LogP contribution is 2.19. The van der Waals surface area contributed by atoms with Crippen LogP contribution < -0.4 is 0 Å². The molecular weight excluding hydrogens is 416 g/mol. The Morgan fingerprint density at radius 3 is 1.56 bits per heavy atom. The largest absolute Gasteiger partial charge is 0.460 e. The van der Waals surface area contributed by atoms with Crippen molar-refractivity contribution in [1.29, 1.82) is 0 Å². The standard InChI is InChI=1S/C24H28O8/c25-23(31-7-5-27-11-17-13-29-14-17)20-3-1-19-2-4-21(10-22(19)9-20)24(26)32-8-6-28-12-18-15-30-16-18/h1-4,9-10,17-18H,5-8,11-16H2. The van der Waals surface area contributed by atoms with Gasteiger partial charge in [-0.05, 0) is 35.0 Å². The zero-order chi connectivity index (χ0) is 22.2. The Morgan fingerprint density at radius 1 is 0.688 bits per heavy atom. The predicted octanol–water partition coefficient (Wildman–Crippen LogP) is 2.48. The summed E-state index contributed by atoms with van der Waals surface area (Å²) in [5.74, 6) is 0.0398. The summed E-state index contributed by atoms with van der Waals surface area (Å²) >= 11 is 0. The van der Waals surface area contributed by atoms with E-state index in [0.29, 0.717) is 49.4 Å². The van der Waals surface area contributed by atoms with E-state index in [4.69, 9.17) is 28.4 Å². The zero-order valence-corrected chi connectivity index (χ0v) is 18.0. The lowest BCUT2D eigenvalue weighted by molar-refractivity contribution is -0.0755. The third-order valence-corrected chi connectivity index (χ3v) is 5.35. The van der Waals surface area contributed by atoms with E-state index in [1.807, 2.05) is 12.1 Å². The first-order valence-corrected chi connectivity index (χ1v) is 10.9. The van der Waals surface area contributed by atoms with Crippen LogP contribution in [0.1, 0.15) is 20.7 Å². The number of esters is 2. The van der Waals surface area contributed by atoms with Crippen molar-refractivity contribution < 1.29 is 38.0 Å². The summed E-state index contributed by atoms with van der Waals surface area (Å²) in [7, 11) is 0. The highest BCUT2D eigenvalue weighted by Gasteiger charge is 2.19. The summed E-state index contributed by atoms with van der Waals surface area (Å²) < 4.78 is 31.7. The Hall–Kier alpha value is -2.52. The molecule has 2 aliphatic heterocycles. The van der Waals surface area contributed by atoms with Gasteiger partial charge in [-0.15, -0.1) is 0 Å². The first-order chi connectivity index (χ1) is 15.7. The van der Waals surface area contributed by atoms with Gasteiger partial charge in [0, 0.05) is 11.8 Å². The van der Waals surface area contributed by atoms with Gasteiger partial charge in [0.2, 0.25) is 0 Å². The highest BCUT2D eigenvalue weighted by molar-refractivity contribution is 5.99. The van der Waals surface area contributed by atoms with Crippen LogP contribution in [0.3, 0.4) is 0 Å². The van der Waals surface area contributed by atoms with Gasteiger partial charge < -0.3 is 28.4 Å². The van der Waals surface area contributed by atoms with E-state index in [0.717, 1.165) is 37.2 Å². The molecule has 8 heteroatoms. The molecule has 0 spiro atoms. The first-order valence-electron chi connectivity index (χ1n) is 10.9. The summed E-state index contributed by atoms with van der Waals surface area (Å²) in [5, 5.41) is 1.67. The number of ether oxygens (including phenoxy) is 6. The molecule has 0 aliphatic carbocycles. The fourth-order valence-electron chi connectivity index (χ4n) is 3.32. The van der Waals surface area contributed by atoms with Crippen LogP contribution in [0.2, 0.25) is 0 Å². The van der Waals surface area contributed by atoms with Crippen molar-refractivity contribution in [2.45, 2.75) is 0 Å². The molecule has 32 heavy (non-hydrogen) atoms. The fraction of sp³-hybridized carbons (Fsp3) is 0.500. The number of hydrogen-bond donors (Lipinski definition) is 0. The van der Waals surface area contributed by atoms with Crippen LogP contribution >= 0.6 is 0 Å². The van der Waals surface area contributed by atoms with Crippen molar-refractivity contribution in [3.05, 3.63) is 47.5 Å².